The fraction of sp³-hybridized carbons (Fsp3) is 0.167. The Morgan fingerprint density at radius 2 is 2.50 bits per heavy atom. The molecule has 0 spiro atoms. The Bertz CT molecular complexity index is 292. The summed E-state index contributed by atoms with van der Waals surface area (Å²) in [5.41, 5.74) is 0. The van der Waals surface area contributed by atoms with Gasteiger partial charge in [-0.2, -0.15) is 0 Å². The summed E-state index contributed by atoms with van der Waals surface area (Å²) in [5, 5.41) is 10.9. The summed E-state index contributed by atoms with van der Waals surface area (Å²) < 4.78 is 0.429. The Balaban J connectivity index is 2.57. The van der Waals surface area contributed by atoms with Gasteiger partial charge < -0.3 is 10.4 Å². The van der Waals surface area contributed by atoms with E-state index in [2.05, 4.69) is 31.2 Å². The fourth-order valence-electron chi connectivity index (χ4n) is 0.600. The van der Waals surface area contributed by atoms with E-state index < -0.39 is 5.97 Å². The van der Waals surface area contributed by atoms with Crippen LogP contribution in [0.1, 0.15) is 0 Å². The monoisotopic (exact) mass is 231 g/mol. The van der Waals surface area contributed by atoms with E-state index in [1.165, 1.54) is 6.20 Å². The molecule has 6 heteroatoms. The highest BCUT2D eigenvalue weighted by molar-refractivity contribution is 9.10. The Hall–Kier alpha value is -1.17. The van der Waals surface area contributed by atoms with Crippen LogP contribution in [0.3, 0.4) is 0 Å². The van der Waals surface area contributed by atoms with Gasteiger partial charge in [-0.15, -0.1) is 0 Å². The molecule has 0 aliphatic rings. The van der Waals surface area contributed by atoms with Crippen molar-refractivity contribution < 1.29 is 9.90 Å². The quantitative estimate of drug-likeness (QED) is 0.751. The van der Waals surface area contributed by atoms with Crippen molar-refractivity contribution >= 4 is 27.7 Å². The molecular formula is C6H6BrN3O2. The third-order valence-electron chi connectivity index (χ3n) is 1.05. The number of nitrogens with zero attached hydrogens (tertiary/aromatic N) is 2. The standard InChI is InChI=1S/C6H6BrN3O2/c7-6-8-2-1-4(10-6)9-3-5(11)12/h1-2H,3H2,(H,11,12)(H,8,9,10). The molecule has 1 rings (SSSR count). The minimum atomic E-state index is -0.926. The lowest BCUT2D eigenvalue weighted by Crippen LogP contribution is -2.13. The normalized spacial score (nSPS) is 9.42. The lowest BCUT2D eigenvalue weighted by atomic mass is 10.5. The number of hydrogen-bond acceptors (Lipinski definition) is 4. The summed E-state index contributed by atoms with van der Waals surface area (Å²) in [4.78, 5) is 17.8. The van der Waals surface area contributed by atoms with Gasteiger partial charge >= 0.3 is 5.97 Å². The number of aromatic nitrogens is 2. The second-order valence-corrected chi connectivity index (χ2v) is 2.67. The number of rotatable bonds is 3. The summed E-state index contributed by atoms with van der Waals surface area (Å²) >= 11 is 3.06. The van der Waals surface area contributed by atoms with E-state index in [-0.39, 0.29) is 6.54 Å². The largest absolute Gasteiger partial charge is 0.480 e. The molecule has 12 heavy (non-hydrogen) atoms. The predicted octanol–water partition coefficient (Wildman–Crippen LogP) is 0.736. The smallest absolute Gasteiger partial charge is 0.322 e. The number of nitrogens with one attached hydrogen (secondary N) is 1. The van der Waals surface area contributed by atoms with E-state index in [9.17, 15) is 4.79 Å². The number of carboxylic acids is 1. The third kappa shape index (κ3) is 2.83. The van der Waals surface area contributed by atoms with Crippen LogP contribution in [0.5, 0.6) is 0 Å². The molecule has 2 N–H and O–H groups in total. The Morgan fingerprint density at radius 3 is 3.08 bits per heavy atom. The molecule has 1 heterocycles. The Morgan fingerprint density at radius 1 is 1.75 bits per heavy atom. The first-order valence-electron chi connectivity index (χ1n) is 3.12. The summed E-state index contributed by atoms with van der Waals surface area (Å²) in [6.07, 6.45) is 1.53. The Kier molecular flexibility index (Phi) is 2.98. The number of carbonyl (C=O) groups is 1. The van der Waals surface area contributed by atoms with Crippen LogP contribution >= 0.6 is 15.9 Å². The zero-order chi connectivity index (χ0) is 8.97. The summed E-state index contributed by atoms with van der Waals surface area (Å²) in [5.74, 6) is -0.441. The van der Waals surface area contributed by atoms with Crippen LogP contribution in [0.25, 0.3) is 0 Å². The van der Waals surface area contributed by atoms with E-state index in [1.807, 2.05) is 0 Å². The average molecular weight is 232 g/mol. The van der Waals surface area contributed by atoms with Gasteiger partial charge in [0.15, 0.2) is 4.73 Å². The summed E-state index contributed by atoms with van der Waals surface area (Å²) in [6.45, 7) is -0.149. The van der Waals surface area contributed by atoms with E-state index >= 15 is 0 Å². The highest BCUT2D eigenvalue weighted by Crippen LogP contribution is 2.05. The minimum Gasteiger partial charge on any atom is -0.480 e. The van der Waals surface area contributed by atoms with Gasteiger partial charge in [0, 0.05) is 6.20 Å². The molecular weight excluding hydrogens is 226 g/mol. The molecule has 0 atom stereocenters. The molecule has 0 unspecified atom stereocenters. The fourth-order valence-corrected chi connectivity index (χ4v) is 0.909. The molecule has 0 saturated heterocycles. The van der Waals surface area contributed by atoms with Crippen LogP contribution in [0.4, 0.5) is 5.82 Å². The summed E-state index contributed by atoms with van der Waals surface area (Å²) in [6, 6.07) is 1.59. The summed E-state index contributed by atoms with van der Waals surface area (Å²) in [7, 11) is 0. The predicted molar refractivity (Wildman–Crippen MR) is 45.9 cm³/mol. The van der Waals surface area contributed by atoms with Crippen LogP contribution in [-0.4, -0.2) is 27.6 Å². The lowest BCUT2D eigenvalue weighted by Gasteiger charge is -2.00. The first-order valence-corrected chi connectivity index (χ1v) is 3.92. The maximum Gasteiger partial charge on any atom is 0.322 e. The second kappa shape index (κ2) is 4.01. The highest BCUT2D eigenvalue weighted by Gasteiger charge is 1.98. The minimum absolute atomic E-state index is 0.149. The van der Waals surface area contributed by atoms with Gasteiger partial charge in [-0.1, -0.05) is 0 Å². The second-order valence-electron chi connectivity index (χ2n) is 1.96. The van der Waals surface area contributed by atoms with Crippen LogP contribution in [0.15, 0.2) is 17.0 Å². The van der Waals surface area contributed by atoms with Crippen LogP contribution < -0.4 is 5.32 Å². The third-order valence-corrected chi connectivity index (χ3v) is 1.43. The average Bonchev–Trinajstić information content (AvgIpc) is 2.01. The van der Waals surface area contributed by atoms with E-state index in [4.69, 9.17) is 5.11 Å². The van der Waals surface area contributed by atoms with Crippen molar-refractivity contribution in [1.29, 1.82) is 0 Å². The molecule has 5 nitrogen and oxygen atoms in total. The highest BCUT2D eigenvalue weighted by atomic mass is 79.9. The van der Waals surface area contributed by atoms with Gasteiger partial charge in [0.25, 0.3) is 0 Å². The van der Waals surface area contributed by atoms with Crippen molar-refractivity contribution in [2.45, 2.75) is 0 Å². The van der Waals surface area contributed by atoms with Gasteiger partial charge in [-0.25, -0.2) is 9.97 Å². The molecule has 0 bridgehead atoms. The molecule has 0 fully saturated rings. The van der Waals surface area contributed by atoms with Crippen LogP contribution in [0, 0.1) is 0 Å². The van der Waals surface area contributed by atoms with E-state index in [0.29, 0.717) is 10.6 Å². The van der Waals surface area contributed by atoms with E-state index in [1.54, 1.807) is 6.07 Å². The zero-order valence-electron chi connectivity index (χ0n) is 5.99. The molecule has 1 aromatic rings. The topological polar surface area (TPSA) is 75.1 Å². The lowest BCUT2D eigenvalue weighted by molar-refractivity contribution is -0.134. The number of hydrogen-bond donors (Lipinski definition) is 2. The van der Waals surface area contributed by atoms with Gasteiger partial charge in [0.2, 0.25) is 0 Å². The molecule has 1 aromatic heterocycles. The van der Waals surface area contributed by atoms with Crippen LogP contribution in [0.2, 0.25) is 0 Å². The number of carboxylic acid groups (broad SMARTS) is 1. The van der Waals surface area contributed by atoms with Crippen molar-refractivity contribution in [3.8, 4) is 0 Å². The van der Waals surface area contributed by atoms with Crippen molar-refractivity contribution in [2.75, 3.05) is 11.9 Å². The van der Waals surface area contributed by atoms with E-state index in [0.717, 1.165) is 0 Å². The first-order chi connectivity index (χ1) is 5.68. The maximum absolute atomic E-state index is 10.1. The SMILES string of the molecule is O=C(O)CNc1ccnc(Br)n1. The molecule has 0 saturated carbocycles. The molecule has 64 valence electrons. The van der Waals surface area contributed by atoms with Crippen LogP contribution in [-0.2, 0) is 4.79 Å². The number of aliphatic carboxylic acids is 1. The molecule has 0 aliphatic carbocycles. The van der Waals surface area contributed by atoms with Gasteiger partial charge in [0.1, 0.15) is 12.4 Å². The molecule has 0 aromatic carbocycles. The molecule has 0 aliphatic heterocycles. The number of anilines is 1. The van der Waals surface area contributed by atoms with Crippen molar-refractivity contribution in [3.05, 3.63) is 17.0 Å². The first kappa shape index (κ1) is 8.92. The van der Waals surface area contributed by atoms with Gasteiger partial charge in [-0.05, 0) is 22.0 Å². The van der Waals surface area contributed by atoms with Crippen molar-refractivity contribution in [3.63, 3.8) is 0 Å². The van der Waals surface area contributed by atoms with Crippen molar-refractivity contribution in [1.82, 2.24) is 9.97 Å². The molecule has 0 amide bonds. The van der Waals surface area contributed by atoms with Gasteiger partial charge in [-0.3, -0.25) is 4.79 Å². The van der Waals surface area contributed by atoms with Gasteiger partial charge in [0.05, 0.1) is 0 Å². The maximum atomic E-state index is 10.1. The number of halogens is 1. The Labute approximate surface area is 77.0 Å². The zero-order valence-corrected chi connectivity index (χ0v) is 7.58. The van der Waals surface area contributed by atoms with Crippen molar-refractivity contribution in [2.24, 2.45) is 0 Å². The molecule has 0 radical (unpaired) electrons.